The Morgan fingerprint density at radius 1 is 1.15 bits per heavy atom. The Morgan fingerprint density at radius 2 is 1.90 bits per heavy atom. The molecule has 0 spiro atoms. The lowest BCUT2D eigenvalue weighted by Crippen LogP contribution is -2.14. The van der Waals surface area contributed by atoms with Gasteiger partial charge >= 0.3 is 0 Å². The van der Waals surface area contributed by atoms with Crippen molar-refractivity contribution in [3.05, 3.63) is 42.5 Å². The van der Waals surface area contributed by atoms with Crippen molar-refractivity contribution >= 4 is 27.1 Å². The first-order valence-corrected chi connectivity index (χ1v) is 7.28. The van der Waals surface area contributed by atoms with Crippen molar-refractivity contribution in [1.29, 1.82) is 0 Å². The second-order valence-corrected chi connectivity index (χ2v) is 5.69. The highest BCUT2D eigenvalue weighted by Crippen LogP contribution is 2.27. The minimum Gasteiger partial charge on any atom is -0.497 e. The average Bonchev–Trinajstić information content (AvgIpc) is 2.40. The summed E-state index contributed by atoms with van der Waals surface area (Å²) in [7, 11) is -2.31. The van der Waals surface area contributed by atoms with E-state index >= 15 is 0 Å². The third-order valence-corrected chi connectivity index (χ3v) is 3.61. The molecule has 0 aromatic heterocycles. The van der Waals surface area contributed by atoms with Crippen LogP contribution < -0.4 is 20.9 Å². The predicted octanol–water partition coefficient (Wildman–Crippen LogP) is 1.67. The molecule has 2 aromatic carbocycles. The maximum absolute atomic E-state index is 11.6. The highest BCUT2D eigenvalue weighted by atomic mass is 32.2. The van der Waals surface area contributed by atoms with Gasteiger partial charge < -0.3 is 15.8 Å². The van der Waals surface area contributed by atoms with Crippen LogP contribution in [0.2, 0.25) is 0 Å². The van der Waals surface area contributed by atoms with Crippen LogP contribution in [0.4, 0.5) is 17.1 Å². The van der Waals surface area contributed by atoms with E-state index in [0.717, 1.165) is 0 Å². The zero-order chi connectivity index (χ0) is 14.8. The van der Waals surface area contributed by atoms with Crippen LogP contribution in [0.25, 0.3) is 0 Å². The quantitative estimate of drug-likeness (QED) is 0.743. The number of rotatable bonds is 4. The van der Waals surface area contributed by atoms with Gasteiger partial charge in [-0.3, -0.25) is 0 Å². The summed E-state index contributed by atoms with van der Waals surface area (Å²) in [6.07, 6.45) is 0. The number of anilines is 3. The van der Waals surface area contributed by atoms with Gasteiger partial charge in [0.2, 0.25) is 10.0 Å². The minimum absolute atomic E-state index is 0.0553. The molecule has 20 heavy (non-hydrogen) atoms. The van der Waals surface area contributed by atoms with Crippen LogP contribution in [0.1, 0.15) is 0 Å². The standard InChI is InChI=1S/C13H15N3O3S/c1-19-11-4-2-3-10(8-11)16-12-6-5-9(14)7-13(12)20(15,17)18/h2-8,16H,14H2,1H3,(H2,15,17,18). The van der Waals surface area contributed by atoms with Gasteiger partial charge in [-0.25, -0.2) is 13.6 Å². The molecule has 0 unspecified atom stereocenters. The summed E-state index contributed by atoms with van der Waals surface area (Å²) in [5.41, 5.74) is 6.96. The number of hydrogen-bond donors (Lipinski definition) is 3. The average molecular weight is 293 g/mol. The van der Waals surface area contributed by atoms with Crippen molar-refractivity contribution in [2.24, 2.45) is 5.14 Å². The number of hydrogen-bond acceptors (Lipinski definition) is 5. The number of nitrogens with one attached hydrogen (secondary N) is 1. The van der Waals surface area contributed by atoms with Crippen LogP contribution in [0.15, 0.2) is 47.4 Å². The predicted molar refractivity (Wildman–Crippen MR) is 78.5 cm³/mol. The second-order valence-electron chi connectivity index (χ2n) is 4.16. The van der Waals surface area contributed by atoms with Gasteiger partial charge in [0.05, 0.1) is 12.8 Å². The smallest absolute Gasteiger partial charge is 0.240 e. The first kappa shape index (κ1) is 14.2. The molecule has 0 atom stereocenters. The zero-order valence-corrected chi connectivity index (χ0v) is 11.6. The maximum atomic E-state index is 11.6. The molecule has 0 saturated carbocycles. The third-order valence-electron chi connectivity index (χ3n) is 2.66. The fraction of sp³-hybridized carbons (Fsp3) is 0.0769. The lowest BCUT2D eigenvalue weighted by molar-refractivity contribution is 0.415. The number of ether oxygens (including phenoxy) is 1. The van der Waals surface area contributed by atoms with Crippen LogP contribution in [0.3, 0.4) is 0 Å². The van der Waals surface area contributed by atoms with Gasteiger partial charge in [-0.1, -0.05) is 6.07 Å². The highest BCUT2D eigenvalue weighted by Gasteiger charge is 2.14. The first-order valence-electron chi connectivity index (χ1n) is 5.73. The van der Waals surface area contributed by atoms with Gasteiger partial charge in [0.25, 0.3) is 0 Å². The van der Waals surface area contributed by atoms with E-state index in [1.54, 1.807) is 43.5 Å². The molecule has 0 aliphatic rings. The fourth-order valence-corrected chi connectivity index (χ4v) is 2.46. The summed E-state index contributed by atoms with van der Waals surface area (Å²) in [6, 6.07) is 11.6. The molecule has 106 valence electrons. The van der Waals surface area contributed by atoms with Crippen LogP contribution in [0, 0.1) is 0 Å². The Balaban J connectivity index is 2.43. The molecule has 7 heteroatoms. The Kier molecular flexibility index (Phi) is 3.82. The molecule has 0 aliphatic carbocycles. The van der Waals surface area contributed by atoms with E-state index in [0.29, 0.717) is 22.8 Å². The normalized spacial score (nSPS) is 11.1. The second kappa shape index (κ2) is 5.40. The summed E-state index contributed by atoms with van der Waals surface area (Å²) in [5, 5.41) is 8.17. The molecule has 2 aromatic rings. The van der Waals surface area contributed by atoms with Crippen molar-refractivity contribution in [2.75, 3.05) is 18.2 Å². The molecule has 0 aliphatic heterocycles. The number of benzene rings is 2. The molecule has 0 saturated heterocycles. The molecular weight excluding hydrogens is 278 g/mol. The fourth-order valence-electron chi connectivity index (χ4n) is 1.73. The van der Waals surface area contributed by atoms with Gasteiger partial charge in [-0.2, -0.15) is 0 Å². The Labute approximate surface area is 117 Å². The van der Waals surface area contributed by atoms with Crippen molar-refractivity contribution in [3.63, 3.8) is 0 Å². The lowest BCUT2D eigenvalue weighted by atomic mass is 10.2. The molecule has 2 rings (SSSR count). The summed E-state index contributed by atoms with van der Waals surface area (Å²) in [5.74, 6) is 0.655. The van der Waals surface area contributed by atoms with E-state index in [4.69, 9.17) is 15.6 Å². The Hall–Kier alpha value is -2.25. The highest BCUT2D eigenvalue weighted by molar-refractivity contribution is 7.89. The first-order chi connectivity index (χ1) is 9.40. The number of primary sulfonamides is 1. The van der Waals surface area contributed by atoms with Crippen LogP contribution in [-0.2, 0) is 10.0 Å². The third kappa shape index (κ3) is 3.19. The lowest BCUT2D eigenvalue weighted by Gasteiger charge is -2.12. The number of nitrogen functional groups attached to an aromatic ring is 1. The molecule has 0 radical (unpaired) electrons. The van der Waals surface area contributed by atoms with Crippen molar-refractivity contribution in [3.8, 4) is 5.75 Å². The summed E-state index contributed by atoms with van der Waals surface area (Å²) in [6.45, 7) is 0. The number of sulfonamides is 1. The van der Waals surface area contributed by atoms with Crippen LogP contribution in [0.5, 0.6) is 5.75 Å². The van der Waals surface area contributed by atoms with Crippen LogP contribution >= 0.6 is 0 Å². The van der Waals surface area contributed by atoms with E-state index in [2.05, 4.69) is 5.32 Å². The molecule has 0 amide bonds. The number of nitrogens with two attached hydrogens (primary N) is 2. The van der Waals surface area contributed by atoms with E-state index in [9.17, 15) is 8.42 Å². The molecule has 6 nitrogen and oxygen atoms in total. The Bertz CT molecular complexity index is 729. The van der Waals surface area contributed by atoms with E-state index in [1.807, 2.05) is 0 Å². The van der Waals surface area contributed by atoms with Crippen molar-refractivity contribution in [2.45, 2.75) is 4.90 Å². The summed E-state index contributed by atoms with van der Waals surface area (Å²) < 4.78 is 28.3. The van der Waals surface area contributed by atoms with Gasteiger partial charge in [-0.15, -0.1) is 0 Å². The maximum Gasteiger partial charge on any atom is 0.240 e. The van der Waals surface area contributed by atoms with Crippen molar-refractivity contribution < 1.29 is 13.2 Å². The SMILES string of the molecule is COc1cccc(Nc2ccc(N)cc2S(N)(=O)=O)c1. The minimum atomic E-state index is -3.87. The molecule has 0 bridgehead atoms. The summed E-state index contributed by atoms with van der Waals surface area (Å²) >= 11 is 0. The number of methoxy groups -OCH3 is 1. The van der Waals surface area contributed by atoms with Crippen molar-refractivity contribution in [1.82, 2.24) is 0 Å². The van der Waals surface area contributed by atoms with E-state index in [1.165, 1.54) is 6.07 Å². The topological polar surface area (TPSA) is 107 Å². The largest absolute Gasteiger partial charge is 0.497 e. The van der Waals surface area contributed by atoms with Gasteiger partial charge in [0.1, 0.15) is 10.6 Å². The van der Waals surface area contributed by atoms with E-state index in [-0.39, 0.29) is 4.90 Å². The molecule has 0 fully saturated rings. The molecule has 5 N–H and O–H groups in total. The molecule has 0 heterocycles. The van der Waals surface area contributed by atoms with Gasteiger partial charge in [-0.05, 0) is 30.3 Å². The Morgan fingerprint density at radius 3 is 2.55 bits per heavy atom. The van der Waals surface area contributed by atoms with Gasteiger partial charge in [0.15, 0.2) is 0 Å². The van der Waals surface area contributed by atoms with Gasteiger partial charge in [0, 0.05) is 17.4 Å². The van der Waals surface area contributed by atoms with Crippen LogP contribution in [-0.4, -0.2) is 15.5 Å². The summed E-state index contributed by atoms with van der Waals surface area (Å²) in [4.78, 5) is -0.0553. The molecular formula is C13H15N3O3S. The monoisotopic (exact) mass is 293 g/mol. The van der Waals surface area contributed by atoms with E-state index < -0.39 is 10.0 Å². The zero-order valence-electron chi connectivity index (χ0n) is 10.8.